The standard InChI is InChI=1S/C32H27N3O5/c1-39-29-17-11-22(20-30(29)40-2)10-16-28(36)24-12-14-26(15-13-24)34-32(38)27(19-23-7-6-18-33-21-23)35-31(37)25-8-4-3-5-9-25/h3-21H,1-2H3,(H,34,38)(H,35,37)/b16-10+,27-19-. The number of benzene rings is 3. The van der Waals surface area contributed by atoms with Crippen molar-refractivity contribution in [1.82, 2.24) is 10.3 Å². The molecule has 40 heavy (non-hydrogen) atoms. The van der Waals surface area contributed by atoms with Crippen molar-refractivity contribution < 1.29 is 23.9 Å². The number of hydrogen-bond donors (Lipinski definition) is 2. The number of nitrogens with one attached hydrogen (secondary N) is 2. The Morgan fingerprint density at radius 3 is 2.20 bits per heavy atom. The van der Waals surface area contributed by atoms with Crippen molar-refractivity contribution in [3.05, 3.63) is 131 Å². The zero-order valence-corrected chi connectivity index (χ0v) is 22.0. The van der Waals surface area contributed by atoms with Crippen molar-refractivity contribution in [2.24, 2.45) is 0 Å². The van der Waals surface area contributed by atoms with Gasteiger partial charge in [0.1, 0.15) is 5.70 Å². The van der Waals surface area contributed by atoms with E-state index >= 15 is 0 Å². The number of aromatic nitrogens is 1. The number of rotatable bonds is 10. The summed E-state index contributed by atoms with van der Waals surface area (Å²) in [5.74, 6) is 0.00406. The van der Waals surface area contributed by atoms with Crippen LogP contribution in [0.5, 0.6) is 11.5 Å². The predicted molar refractivity (Wildman–Crippen MR) is 154 cm³/mol. The van der Waals surface area contributed by atoms with Gasteiger partial charge < -0.3 is 20.1 Å². The van der Waals surface area contributed by atoms with E-state index in [0.29, 0.717) is 33.9 Å². The van der Waals surface area contributed by atoms with Crippen molar-refractivity contribution in [3.8, 4) is 11.5 Å². The molecule has 0 atom stereocenters. The van der Waals surface area contributed by atoms with Crippen LogP contribution in [0.4, 0.5) is 5.69 Å². The van der Waals surface area contributed by atoms with E-state index in [1.807, 2.05) is 6.07 Å². The summed E-state index contributed by atoms with van der Waals surface area (Å²) in [7, 11) is 3.10. The molecule has 1 aromatic heterocycles. The molecule has 1 heterocycles. The third-order valence-electron chi connectivity index (χ3n) is 5.79. The molecule has 8 nitrogen and oxygen atoms in total. The fourth-order valence-corrected chi connectivity index (χ4v) is 3.71. The second-order valence-corrected chi connectivity index (χ2v) is 8.51. The summed E-state index contributed by atoms with van der Waals surface area (Å²) in [5, 5.41) is 5.45. The molecule has 2 N–H and O–H groups in total. The highest BCUT2D eigenvalue weighted by atomic mass is 16.5. The van der Waals surface area contributed by atoms with Crippen LogP contribution < -0.4 is 20.1 Å². The van der Waals surface area contributed by atoms with Crippen LogP contribution in [0.2, 0.25) is 0 Å². The Kier molecular flexibility index (Phi) is 9.18. The third-order valence-corrected chi connectivity index (χ3v) is 5.79. The van der Waals surface area contributed by atoms with E-state index < -0.39 is 11.8 Å². The van der Waals surface area contributed by atoms with Crippen LogP contribution >= 0.6 is 0 Å². The number of hydrogen-bond acceptors (Lipinski definition) is 6. The minimum Gasteiger partial charge on any atom is -0.493 e. The number of methoxy groups -OCH3 is 2. The first-order valence-corrected chi connectivity index (χ1v) is 12.3. The van der Waals surface area contributed by atoms with Gasteiger partial charge in [-0.25, -0.2) is 0 Å². The van der Waals surface area contributed by atoms with E-state index in [1.54, 1.807) is 118 Å². The average molecular weight is 534 g/mol. The van der Waals surface area contributed by atoms with Gasteiger partial charge in [-0.1, -0.05) is 36.4 Å². The summed E-state index contributed by atoms with van der Waals surface area (Å²) in [6, 6.07) is 23.9. The molecule has 0 aliphatic rings. The SMILES string of the molecule is COc1ccc(/C=C/C(=O)c2ccc(NC(=O)/C(=C/c3cccnc3)NC(=O)c3ccccc3)cc2)cc1OC. The third kappa shape index (κ3) is 7.29. The van der Waals surface area contributed by atoms with Crippen LogP contribution in [0.15, 0.2) is 109 Å². The normalized spacial score (nSPS) is 11.1. The van der Waals surface area contributed by atoms with E-state index in [0.717, 1.165) is 5.56 Å². The molecular weight excluding hydrogens is 506 g/mol. The number of ether oxygens (including phenoxy) is 2. The van der Waals surface area contributed by atoms with Crippen molar-refractivity contribution in [2.75, 3.05) is 19.5 Å². The smallest absolute Gasteiger partial charge is 0.272 e. The van der Waals surface area contributed by atoms with Crippen LogP contribution in [0.3, 0.4) is 0 Å². The van der Waals surface area contributed by atoms with Gasteiger partial charge in [0.25, 0.3) is 11.8 Å². The molecule has 0 bridgehead atoms. The first-order valence-electron chi connectivity index (χ1n) is 12.3. The van der Waals surface area contributed by atoms with E-state index in [9.17, 15) is 14.4 Å². The molecule has 0 saturated carbocycles. The summed E-state index contributed by atoms with van der Waals surface area (Å²) in [5.41, 5.74) is 2.77. The topological polar surface area (TPSA) is 107 Å². The summed E-state index contributed by atoms with van der Waals surface area (Å²) in [6.07, 6.45) is 7.89. The zero-order valence-electron chi connectivity index (χ0n) is 22.0. The number of carbonyl (C=O) groups is 3. The van der Waals surface area contributed by atoms with Gasteiger partial charge in [0.05, 0.1) is 14.2 Å². The van der Waals surface area contributed by atoms with Crippen molar-refractivity contribution in [2.45, 2.75) is 0 Å². The van der Waals surface area contributed by atoms with Gasteiger partial charge >= 0.3 is 0 Å². The summed E-state index contributed by atoms with van der Waals surface area (Å²) < 4.78 is 10.5. The molecule has 200 valence electrons. The van der Waals surface area contributed by atoms with Crippen molar-refractivity contribution >= 4 is 35.4 Å². The second kappa shape index (κ2) is 13.3. The molecule has 4 aromatic rings. The molecule has 0 spiro atoms. The Morgan fingerprint density at radius 2 is 1.52 bits per heavy atom. The molecule has 3 aromatic carbocycles. The number of ketones is 1. The Bertz CT molecular complexity index is 1550. The molecule has 0 unspecified atom stereocenters. The maximum atomic E-state index is 13.1. The molecular formula is C32H27N3O5. The van der Waals surface area contributed by atoms with Gasteiger partial charge in [-0.2, -0.15) is 0 Å². The summed E-state index contributed by atoms with van der Waals surface area (Å²) >= 11 is 0. The fraction of sp³-hybridized carbons (Fsp3) is 0.0625. The highest BCUT2D eigenvalue weighted by molar-refractivity contribution is 6.11. The molecule has 0 fully saturated rings. The minimum atomic E-state index is -0.527. The van der Waals surface area contributed by atoms with E-state index in [4.69, 9.17) is 9.47 Å². The van der Waals surface area contributed by atoms with Crippen LogP contribution in [-0.2, 0) is 4.79 Å². The fourth-order valence-electron chi connectivity index (χ4n) is 3.71. The Balaban J connectivity index is 1.46. The predicted octanol–water partition coefficient (Wildman–Crippen LogP) is 5.40. The van der Waals surface area contributed by atoms with Gasteiger partial charge in [0.15, 0.2) is 17.3 Å². The van der Waals surface area contributed by atoms with E-state index in [-0.39, 0.29) is 11.5 Å². The molecule has 8 heteroatoms. The Labute approximate surface area is 232 Å². The average Bonchev–Trinajstić information content (AvgIpc) is 3.00. The lowest BCUT2D eigenvalue weighted by Crippen LogP contribution is -2.30. The van der Waals surface area contributed by atoms with Crippen molar-refractivity contribution in [3.63, 3.8) is 0 Å². The number of nitrogens with zero attached hydrogens (tertiary/aromatic N) is 1. The molecule has 0 aliphatic carbocycles. The van der Waals surface area contributed by atoms with Gasteiger partial charge in [0.2, 0.25) is 0 Å². The quantitative estimate of drug-likeness (QED) is 0.209. The lowest BCUT2D eigenvalue weighted by atomic mass is 10.1. The number of allylic oxidation sites excluding steroid dienone is 1. The molecule has 2 amide bonds. The number of anilines is 1. The highest BCUT2D eigenvalue weighted by Gasteiger charge is 2.15. The lowest BCUT2D eigenvalue weighted by Gasteiger charge is -2.11. The summed E-state index contributed by atoms with van der Waals surface area (Å²) in [6.45, 7) is 0. The highest BCUT2D eigenvalue weighted by Crippen LogP contribution is 2.28. The molecule has 4 rings (SSSR count). The van der Waals surface area contributed by atoms with Crippen LogP contribution in [0.25, 0.3) is 12.2 Å². The maximum absolute atomic E-state index is 13.1. The number of pyridine rings is 1. The van der Waals surface area contributed by atoms with Gasteiger partial charge in [-0.15, -0.1) is 0 Å². The van der Waals surface area contributed by atoms with Gasteiger partial charge in [-0.05, 0) is 77.9 Å². The van der Waals surface area contributed by atoms with E-state index in [1.165, 1.54) is 6.08 Å². The Hall–Kier alpha value is -5.50. The summed E-state index contributed by atoms with van der Waals surface area (Å²) in [4.78, 5) is 42.7. The van der Waals surface area contributed by atoms with Gasteiger partial charge in [-0.3, -0.25) is 19.4 Å². The largest absolute Gasteiger partial charge is 0.493 e. The molecule has 0 saturated heterocycles. The first kappa shape index (κ1) is 27.5. The van der Waals surface area contributed by atoms with Crippen molar-refractivity contribution in [1.29, 1.82) is 0 Å². The van der Waals surface area contributed by atoms with Crippen LogP contribution in [-0.4, -0.2) is 36.8 Å². The first-order chi connectivity index (χ1) is 19.5. The number of amides is 2. The van der Waals surface area contributed by atoms with Gasteiger partial charge in [0, 0.05) is 29.2 Å². The monoisotopic (exact) mass is 533 g/mol. The van der Waals surface area contributed by atoms with Crippen LogP contribution in [0, 0.1) is 0 Å². The number of carbonyl (C=O) groups excluding carboxylic acids is 3. The zero-order chi connectivity index (χ0) is 28.3. The molecule has 0 radical (unpaired) electrons. The lowest BCUT2D eigenvalue weighted by molar-refractivity contribution is -0.113. The Morgan fingerprint density at radius 1 is 0.775 bits per heavy atom. The molecule has 0 aliphatic heterocycles. The second-order valence-electron chi connectivity index (χ2n) is 8.51. The van der Waals surface area contributed by atoms with E-state index in [2.05, 4.69) is 15.6 Å². The minimum absolute atomic E-state index is 0.0415. The van der Waals surface area contributed by atoms with Crippen LogP contribution in [0.1, 0.15) is 31.8 Å². The maximum Gasteiger partial charge on any atom is 0.272 e.